The fraction of sp³-hybridized carbons (Fsp3) is 0.190. The zero-order chi connectivity index (χ0) is 18.8. The highest BCUT2D eigenvalue weighted by Gasteiger charge is 2.34. The summed E-state index contributed by atoms with van der Waals surface area (Å²) in [5, 5.41) is 6.26. The fourth-order valence-electron chi connectivity index (χ4n) is 3.62. The molecule has 136 valence electrons. The highest BCUT2D eigenvalue weighted by Crippen LogP contribution is 2.39. The number of fused-ring (bicyclic) bond motifs is 1. The molecular formula is C21H19N3O3. The largest absolute Gasteiger partial charge is 0.496 e. The molecule has 1 atom stereocenters. The highest BCUT2D eigenvalue weighted by molar-refractivity contribution is 5.93. The molecular weight excluding hydrogens is 342 g/mol. The van der Waals surface area contributed by atoms with E-state index in [-0.39, 0.29) is 23.2 Å². The summed E-state index contributed by atoms with van der Waals surface area (Å²) < 4.78 is 5.56. The number of nitrogens with zero attached hydrogens (tertiary/aromatic N) is 2. The topological polar surface area (TPSA) is 75.3 Å². The Balaban J connectivity index is 1.84. The molecule has 1 amide bonds. The summed E-state index contributed by atoms with van der Waals surface area (Å²) >= 11 is 0. The molecule has 0 bridgehead atoms. The SMILES string of the molecule is COc1ccccc1C1c2ccccc2CCN1C(=O)c1ccc(=O)[nH]n1. The molecule has 0 saturated heterocycles. The number of nitrogens with one attached hydrogen (secondary N) is 1. The number of aromatic amines is 1. The summed E-state index contributed by atoms with van der Waals surface area (Å²) in [4.78, 5) is 26.3. The number of rotatable bonds is 3. The minimum absolute atomic E-state index is 0.217. The van der Waals surface area contributed by atoms with E-state index in [9.17, 15) is 9.59 Å². The summed E-state index contributed by atoms with van der Waals surface area (Å²) in [6, 6.07) is 18.4. The van der Waals surface area contributed by atoms with Gasteiger partial charge in [-0.1, -0.05) is 42.5 Å². The zero-order valence-corrected chi connectivity index (χ0v) is 14.9. The Hall–Kier alpha value is -3.41. The first-order chi connectivity index (χ1) is 13.2. The number of para-hydroxylation sites is 1. The van der Waals surface area contributed by atoms with Crippen LogP contribution in [0.5, 0.6) is 5.75 Å². The van der Waals surface area contributed by atoms with Crippen molar-refractivity contribution in [3.8, 4) is 5.75 Å². The van der Waals surface area contributed by atoms with E-state index >= 15 is 0 Å². The third-order valence-corrected chi connectivity index (χ3v) is 4.88. The van der Waals surface area contributed by atoms with Gasteiger partial charge in [-0.3, -0.25) is 9.59 Å². The minimum atomic E-state index is -0.336. The molecule has 1 unspecified atom stereocenters. The van der Waals surface area contributed by atoms with Crippen LogP contribution in [-0.2, 0) is 6.42 Å². The van der Waals surface area contributed by atoms with Crippen molar-refractivity contribution in [3.05, 3.63) is 93.4 Å². The average molecular weight is 361 g/mol. The minimum Gasteiger partial charge on any atom is -0.496 e. The number of hydrogen-bond donors (Lipinski definition) is 1. The van der Waals surface area contributed by atoms with Crippen molar-refractivity contribution in [3.63, 3.8) is 0 Å². The van der Waals surface area contributed by atoms with E-state index in [2.05, 4.69) is 16.3 Å². The lowest BCUT2D eigenvalue weighted by Gasteiger charge is -2.38. The van der Waals surface area contributed by atoms with Gasteiger partial charge in [-0.2, -0.15) is 5.10 Å². The van der Waals surface area contributed by atoms with E-state index in [1.807, 2.05) is 42.5 Å². The Labute approximate surface area is 156 Å². The van der Waals surface area contributed by atoms with E-state index in [1.54, 1.807) is 12.0 Å². The maximum absolute atomic E-state index is 13.2. The van der Waals surface area contributed by atoms with Crippen LogP contribution in [0, 0.1) is 0 Å². The maximum atomic E-state index is 13.2. The van der Waals surface area contributed by atoms with Crippen LogP contribution in [0.3, 0.4) is 0 Å². The summed E-state index contributed by atoms with van der Waals surface area (Å²) in [6.07, 6.45) is 0.761. The van der Waals surface area contributed by atoms with Crippen molar-refractivity contribution >= 4 is 5.91 Å². The van der Waals surface area contributed by atoms with E-state index < -0.39 is 0 Å². The number of amides is 1. The molecule has 6 heteroatoms. The van der Waals surface area contributed by atoms with Gasteiger partial charge in [0.05, 0.1) is 13.2 Å². The van der Waals surface area contributed by atoms with Gasteiger partial charge >= 0.3 is 0 Å². The quantitative estimate of drug-likeness (QED) is 0.778. The fourth-order valence-corrected chi connectivity index (χ4v) is 3.62. The molecule has 6 nitrogen and oxygen atoms in total. The zero-order valence-electron chi connectivity index (χ0n) is 14.9. The van der Waals surface area contributed by atoms with Gasteiger partial charge in [0.1, 0.15) is 11.4 Å². The van der Waals surface area contributed by atoms with Crippen LogP contribution < -0.4 is 10.3 Å². The van der Waals surface area contributed by atoms with E-state index in [1.165, 1.54) is 17.7 Å². The third kappa shape index (κ3) is 3.10. The number of carbonyl (C=O) groups is 1. The second-order valence-electron chi connectivity index (χ2n) is 6.40. The lowest BCUT2D eigenvalue weighted by atomic mass is 9.87. The first kappa shape index (κ1) is 17.0. The van der Waals surface area contributed by atoms with Crippen LogP contribution in [0.1, 0.15) is 33.2 Å². The maximum Gasteiger partial charge on any atom is 0.275 e. The molecule has 0 spiro atoms. The number of carbonyl (C=O) groups excluding carboxylic acids is 1. The van der Waals surface area contributed by atoms with Crippen molar-refractivity contribution in [2.75, 3.05) is 13.7 Å². The van der Waals surface area contributed by atoms with Gasteiger partial charge < -0.3 is 9.64 Å². The van der Waals surface area contributed by atoms with E-state index in [0.717, 1.165) is 23.3 Å². The predicted octanol–water partition coefficient (Wildman–Crippen LogP) is 2.57. The second-order valence-corrected chi connectivity index (χ2v) is 6.40. The normalized spacial score (nSPS) is 15.9. The molecule has 0 saturated carbocycles. The molecule has 2 aromatic carbocycles. The summed E-state index contributed by atoms with van der Waals surface area (Å²) in [5.74, 6) is 0.503. The number of methoxy groups -OCH3 is 1. The van der Waals surface area contributed by atoms with Crippen molar-refractivity contribution in [1.29, 1.82) is 0 Å². The lowest BCUT2D eigenvalue weighted by molar-refractivity contribution is 0.0685. The summed E-state index contributed by atoms with van der Waals surface area (Å²) in [5.41, 5.74) is 3.09. The Morgan fingerprint density at radius 2 is 1.81 bits per heavy atom. The molecule has 0 aliphatic carbocycles. The molecule has 4 rings (SSSR count). The van der Waals surface area contributed by atoms with Gasteiger partial charge in [-0.05, 0) is 29.7 Å². The molecule has 1 N–H and O–H groups in total. The first-order valence-corrected chi connectivity index (χ1v) is 8.76. The van der Waals surface area contributed by atoms with Gasteiger partial charge in [-0.25, -0.2) is 5.10 Å². The van der Waals surface area contributed by atoms with Gasteiger partial charge in [0.2, 0.25) is 0 Å². The molecule has 3 aromatic rings. The lowest BCUT2D eigenvalue weighted by Crippen LogP contribution is -2.41. The molecule has 1 aromatic heterocycles. The second kappa shape index (κ2) is 7.07. The van der Waals surface area contributed by atoms with Gasteiger partial charge in [0.15, 0.2) is 0 Å². The van der Waals surface area contributed by atoms with Crippen molar-refractivity contribution in [1.82, 2.24) is 15.1 Å². The standard InChI is InChI=1S/C21H19N3O3/c1-27-18-9-5-4-8-16(18)20-15-7-3-2-6-14(15)12-13-24(20)21(26)17-10-11-19(25)23-22-17/h2-11,20H,12-13H2,1H3,(H,23,25). The van der Waals surface area contributed by atoms with Crippen LogP contribution in [0.2, 0.25) is 0 Å². The van der Waals surface area contributed by atoms with Crippen LogP contribution in [0.4, 0.5) is 0 Å². The van der Waals surface area contributed by atoms with Crippen LogP contribution in [-0.4, -0.2) is 34.7 Å². The van der Waals surface area contributed by atoms with Crippen LogP contribution in [0.15, 0.2) is 65.5 Å². The molecule has 0 radical (unpaired) electrons. The van der Waals surface area contributed by atoms with Gasteiger partial charge in [0.25, 0.3) is 11.5 Å². The van der Waals surface area contributed by atoms with Gasteiger partial charge in [0, 0.05) is 18.2 Å². The van der Waals surface area contributed by atoms with E-state index in [4.69, 9.17) is 4.74 Å². The van der Waals surface area contributed by atoms with E-state index in [0.29, 0.717) is 6.54 Å². The average Bonchev–Trinajstić information content (AvgIpc) is 2.73. The van der Waals surface area contributed by atoms with Crippen LogP contribution in [0.25, 0.3) is 0 Å². The molecule has 27 heavy (non-hydrogen) atoms. The summed E-state index contributed by atoms with van der Waals surface area (Å²) in [7, 11) is 1.63. The van der Waals surface area contributed by atoms with Crippen molar-refractivity contribution in [2.45, 2.75) is 12.5 Å². The number of aromatic nitrogens is 2. The van der Waals surface area contributed by atoms with Crippen molar-refractivity contribution in [2.24, 2.45) is 0 Å². The molecule has 2 heterocycles. The smallest absolute Gasteiger partial charge is 0.275 e. The monoisotopic (exact) mass is 361 g/mol. The van der Waals surface area contributed by atoms with Crippen LogP contribution >= 0.6 is 0 Å². The Morgan fingerprint density at radius 1 is 1.07 bits per heavy atom. The Bertz CT molecular complexity index is 1020. The summed E-state index contributed by atoms with van der Waals surface area (Å²) in [6.45, 7) is 0.555. The number of hydrogen-bond acceptors (Lipinski definition) is 4. The molecule has 1 aliphatic heterocycles. The molecule has 1 aliphatic rings. The Morgan fingerprint density at radius 3 is 2.56 bits per heavy atom. The van der Waals surface area contributed by atoms with Crippen molar-refractivity contribution < 1.29 is 9.53 Å². The third-order valence-electron chi connectivity index (χ3n) is 4.88. The Kier molecular flexibility index (Phi) is 4.46. The molecule has 0 fully saturated rings. The predicted molar refractivity (Wildman–Crippen MR) is 101 cm³/mol. The highest BCUT2D eigenvalue weighted by atomic mass is 16.5. The first-order valence-electron chi connectivity index (χ1n) is 8.76. The number of H-pyrrole nitrogens is 1. The van der Waals surface area contributed by atoms with Gasteiger partial charge in [-0.15, -0.1) is 0 Å². The number of ether oxygens (including phenoxy) is 1. The number of benzene rings is 2.